The minimum absolute atomic E-state index is 0. The Hall–Kier alpha value is -0.666. The molecule has 1 aromatic carbocycles. The van der Waals surface area contributed by atoms with Gasteiger partial charge in [0.1, 0.15) is 0 Å². The number of hydrogen-bond acceptors (Lipinski definition) is 2. The zero-order chi connectivity index (χ0) is 8.97. The largest absolute Gasteiger partial charge is 0.318 e. The van der Waals surface area contributed by atoms with Crippen molar-refractivity contribution >= 4 is 18.0 Å². The first-order valence-corrected chi connectivity index (χ1v) is 3.33. The number of nitrogens with zero attached hydrogens (tertiary/aromatic N) is 1. The molecular formula is C9H7NO2Y-2. The van der Waals surface area contributed by atoms with Crippen LogP contribution in [0.2, 0.25) is 0 Å². The van der Waals surface area contributed by atoms with Crippen molar-refractivity contribution in [2.75, 3.05) is 4.90 Å². The van der Waals surface area contributed by atoms with E-state index in [9.17, 15) is 9.59 Å². The zero-order valence-corrected chi connectivity index (χ0v) is 9.77. The minimum atomic E-state index is -0.563. The Bertz CT molecular complexity index is 287. The summed E-state index contributed by atoms with van der Waals surface area (Å²) in [6, 6.07) is 9.43. The van der Waals surface area contributed by atoms with Crippen LogP contribution in [0.25, 0.3) is 0 Å². The number of anilines is 1. The fourth-order valence-electron chi connectivity index (χ4n) is 0.784. The molecule has 1 radical (unpaired) electrons. The SMILES string of the molecule is [CH2-]C(=O)N(C=O)c1[c-]cccc1.[Y]. The molecule has 3 nitrogen and oxygen atoms in total. The Labute approximate surface area is 102 Å². The molecule has 4 heteroatoms. The third kappa shape index (κ3) is 3.29. The van der Waals surface area contributed by atoms with E-state index in [1.54, 1.807) is 24.3 Å². The van der Waals surface area contributed by atoms with Crippen LogP contribution in [0.5, 0.6) is 0 Å². The van der Waals surface area contributed by atoms with Crippen LogP contribution in [0.1, 0.15) is 0 Å². The molecule has 0 saturated carbocycles. The molecule has 0 atom stereocenters. The smallest absolute Gasteiger partial charge is 0.217 e. The molecule has 0 aliphatic heterocycles. The predicted molar refractivity (Wildman–Crippen MR) is 44.2 cm³/mol. The first kappa shape index (κ1) is 12.3. The second-order valence-corrected chi connectivity index (χ2v) is 2.12. The van der Waals surface area contributed by atoms with Crippen molar-refractivity contribution in [2.45, 2.75) is 0 Å². The number of carbonyl (C=O) groups excluding carboxylic acids is 2. The summed E-state index contributed by atoms with van der Waals surface area (Å²) < 4.78 is 0. The zero-order valence-electron chi connectivity index (χ0n) is 6.93. The van der Waals surface area contributed by atoms with Gasteiger partial charge in [-0.15, -0.1) is 6.07 Å². The summed E-state index contributed by atoms with van der Waals surface area (Å²) in [7, 11) is 0. The van der Waals surface area contributed by atoms with Gasteiger partial charge in [0.05, 0.1) is 5.91 Å². The molecule has 13 heavy (non-hydrogen) atoms. The van der Waals surface area contributed by atoms with Crippen LogP contribution in [0.3, 0.4) is 0 Å². The molecule has 1 aromatic rings. The van der Waals surface area contributed by atoms with Gasteiger partial charge in [0.25, 0.3) is 0 Å². The molecule has 0 fully saturated rings. The topological polar surface area (TPSA) is 37.4 Å². The maximum absolute atomic E-state index is 10.7. The molecule has 0 bridgehead atoms. The fourth-order valence-corrected chi connectivity index (χ4v) is 0.784. The van der Waals surface area contributed by atoms with E-state index >= 15 is 0 Å². The summed E-state index contributed by atoms with van der Waals surface area (Å²) >= 11 is 0. The Morgan fingerprint density at radius 3 is 2.62 bits per heavy atom. The normalized spacial score (nSPS) is 8.31. The van der Waals surface area contributed by atoms with Gasteiger partial charge in [0.15, 0.2) is 0 Å². The summed E-state index contributed by atoms with van der Waals surface area (Å²) in [5, 5.41) is 0. The second kappa shape index (κ2) is 5.89. The van der Waals surface area contributed by atoms with E-state index in [0.29, 0.717) is 12.1 Å². The molecule has 0 spiro atoms. The molecule has 0 saturated heterocycles. The van der Waals surface area contributed by atoms with Crippen molar-refractivity contribution in [1.82, 2.24) is 0 Å². The third-order valence-electron chi connectivity index (χ3n) is 1.33. The number of carbonyl (C=O) groups is 2. The summed E-state index contributed by atoms with van der Waals surface area (Å²) in [5.74, 6) is -0.563. The van der Waals surface area contributed by atoms with Crippen LogP contribution in [0, 0.1) is 13.0 Å². The minimum Gasteiger partial charge on any atom is -0.318 e. The summed E-state index contributed by atoms with van der Waals surface area (Å²) in [4.78, 5) is 22.0. The van der Waals surface area contributed by atoms with Crippen molar-refractivity contribution in [3.05, 3.63) is 37.3 Å². The average molecular weight is 250 g/mol. The molecule has 65 valence electrons. The fraction of sp³-hybridized carbons (Fsp3) is 0. The van der Waals surface area contributed by atoms with Gasteiger partial charge in [-0.2, -0.15) is 24.3 Å². The summed E-state index contributed by atoms with van der Waals surface area (Å²) in [6.45, 7) is 3.12. The molecule has 0 aromatic heterocycles. The van der Waals surface area contributed by atoms with Crippen LogP contribution in [0.4, 0.5) is 5.69 Å². The van der Waals surface area contributed by atoms with Gasteiger partial charge in [-0.1, -0.05) is 5.69 Å². The molecule has 0 unspecified atom stereocenters. The predicted octanol–water partition coefficient (Wildman–Crippen LogP) is 0.808. The van der Waals surface area contributed by atoms with Crippen molar-refractivity contribution in [3.63, 3.8) is 0 Å². The maximum atomic E-state index is 10.7. The van der Waals surface area contributed by atoms with Crippen LogP contribution in [0.15, 0.2) is 24.3 Å². The van der Waals surface area contributed by atoms with Crippen molar-refractivity contribution in [2.24, 2.45) is 0 Å². The van der Waals surface area contributed by atoms with Gasteiger partial charge in [0, 0.05) is 32.7 Å². The van der Waals surface area contributed by atoms with E-state index in [0.717, 1.165) is 4.90 Å². The summed E-state index contributed by atoms with van der Waals surface area (Å²) in [6.07, 6.45) is 0.418. The molecule has 0 heterocycles. The third-order valence-corrected chi connectivity index (χ3v) is 1.33. The van der Waals surface area contributed by atoms with E-state index in [1.807, 2.05) is 0 Å². The van der Waals surface area contributed by atoms with Crippen molar-refractivity contribution in [3.8, 4) is 0 Å². The first-order valence-electron chi connectivity index (χ1n) is 3.33. The number of hydrogen-bond donors (Lipinski definition) is 0. The monoisotopic (exact) mass is 250 g/mol. The maximum Gasteiger partial charge on any atom is 0.217 e. The molecule has 2 amide bonds. The van der Waals surface area contributed by atoms with E-state index in [4.69, 9.17) is 0 Å². The van der Waals surface area contributed by atoms with E-state index in [1.165, 1.54) is 0 Å². The molecule has 0 N–H and O–H groups in total. The Balaban J connectivity index is 0.00000144. The van der Waals surface area contributed by atoms with E-state index in [2.05, 4.69) is 13.0 Å². The Kier molecular flexibility index (Phi) is 5.59. The van der Waals surface area contributed by atoms with Crippen LogP contribution >= 0.6 is 0 Å². The van der Waals surface area contributed by atoms with Gasteiger partial charge in [0.2, 0.25) is 6.41 Å². The van der Waals surface area contributed by atoms with Crippen LogP contribution in [-0.2, 0) is 42.3 Å². The number of imide groups is 1. The first-order chi connectivity index (χ1) is 5.75. The molecule has 0 aliphatic carbocycles. The summed E-state index contributed by atoms with van der Waals surface area (Å²) in [5.41, 5.74) is 0.410. The van der Waals surface area contributed by atoms with Gasteiger partial charge in [-0.3, -0.25) is 4.79 Å². The van der Waals surface area contributed by atoms with Crippen molar-refractivity contribution in [1.29, 1.82) is 0 Å². The molecule has 0 aliphatic rings. The van der Waals surface area contributed by atoms with Gasteiger partial charge < -0.3 is 16.6 Å². The van der Waals surface area contributed by atoms with Crippen LogP contribution in [-0.4, -0.2) is 12.3 Å². The average Bonchev–Trinajstić information content (AvgIpc) is 2.07. The van der Waals surface area contributed by atoms with Crippen LogP contribution < -0.4 is 4.90 Å². The van der Waals surface area contributed by atoms with E-state index in [-0.39, 0.29) is 32.7 Å². The molecule has 1 rings (SSSR count). The number of rotatable bonds is 2. The molecular weight excluding hydrogens is 243 g/mol. The van der Waals surface area contributed by atoms with E-state index < -0.39 is 5.91 Å². The number of amides is 2. The quantitative estimate of drug-likeness (QED) is 0.575. The Morgan fingerprint density at radius 1 is 1.54 bits per heavy atom. The van der Waals surface area contributed by atoms with Gasteiger partial charge >= 0.3 is 0 Å². The Morgan fingerprint density at radius 2 is 2.23 bits per heavy atom. The number of benzene rings is 1. The second-order valence-electron chi connectivity index (χ2n) is 2.12. The van der Waals surface area contributed by atoms with Gasteiger partial charge in [-0.25, -0.2) is 0 Å². The standard InChI is InChI=1S/C9H7NO2.Y/c1-8(12)10(7-11)9-5-3-2-4-6-9;/h2-5,7H,1H2;/q-2;. The van der Waals surface area contributed by atoms with Gasteiger partial charge in [-0.05, 0) is 0 Å². The number of para-hydroxylation sites is 1. The van der Waals surface area contributed by atoms with Crippen molar-refractivity contribution < 1.29 is 42.3 Å².